The third-order valence-corrected chi connectivity index (χ3v) is 7.31. The number of ether oxygens (including phenoxy) is 4. The molecule has 0 amide bonds. The third kappa shape index (κ3) is 6.85. The molecule has 0 spiro atoms. The number of hydrogen-bond donors (Lipinski definition) is 1. The molecule has 0 radical (unpaired) electrons. The van der Waals surface area contributed by atoms with Crippen molar-refractivity contribution in [2.24, 2.45) is 0 Å². The van der Waals surface area contributed by atoms with Crippen LogP contribution in [0.1, 0.15) is 32.6 Å². The number of aromatic nitrogens is 3. The van der Waals surface area contributed by atoms with Crippen molar-refractivity contribution >= 4 is 5.97 Å². The lowest BCUT2D eigenvalue weighted by atomic mass is 9.97. The molecule has 1 saturated heterocycles. The van der Waals surface area contributed by atoms with Gasteiger partial charge in [0.2, 0.25) is 5.88 Å². The van der Waals surface area contributed by atoms with Gasteiger partial charge in [0.15, 0.2) is 5.82 Å². The van der Waals surface area contributed by atoms with E-state index in [0.717, 1.165) is 61.8 Å². The number of halogens is 1. The number of rotatable bonds is 7. The lowest BCUT2D eigenvalue weighted by molar-refractivity contribution is -0.0334. The second-order valence-corrected chi connectivity index (χ2v) is 10.3. The van der Waals surface area contributed by atoms with E-state index >= 15 is 4.39 Å². The van der Waals surface area contributed by atoms with Crippen LogP contribution in [0.15, 0.2) is 54.7 Å². The molecule has 2 aromatic heterocycles. The number of carbonyl (C=O) groups is 1. The van der Waals surface area contributed by atoms with Crippen molar-refractivity contribution in [3.63, 3.8) is 0 Å². The number of carboxylic acids is 1. The zero-order valence-electron chi connectivity index (χ0n) is 24.5. The fourth-order valence-electron chi connectivity index (χ4n) is 5.08. The van der Waals surface area contributed by atoms with Crippen LogP contribution in [0.3, 0.4) is 0 Å². The summed E-state index contributed by atoms with van der Waals surface area (Å²) < 4.78 is 38.0. The maximum atomic E-state index is 15.3. The highest BCUT2D eigenvalue weighted by Crippen LogP contribution is 2.34. The molecule has 0 bridgehead atoms. The molecule has 2 aliphatic heterocycles. The number of hydrogen-bond acceptors (Lipinski definition) is 8. The number of fused-ring (bicyclic) bond motifs is 1. The highest BCUT2D eigenvalue weighted by atomic mass is 19.1. The van der Waals surface area contributed by atoms with E-state index in [1.54, 1.807) is 18.2 Å². The first kappa shape index (κ1) is 30.1. The lowest BCUT2D eigenvalue weighted by Gasteiger charge is -2.26. The van der Waals surface area contributed by atoms with E-state index in [9.17, 15) is 9.90 Å². The molecule has 11 heteroatoms. The molecule has 2 aliphatic rings. The van der Waals surface area contributed by atoms with Gasteiger partial charge in [0, 0.05) is 24.2 Å². The zero-order valence-corrected chi connectivity index (χ0v) is 24.5. The first-order valence-electron chi connectivity index (χ1n) is 14.1. The van der Waals surface area contributed by atoms with E-state index in [4.69, 9.17) is 23.9 Å². The number of nitrogens with zero attached hydrogens (tertiary/aromatic N) is 4. The predicted octanol–water partition coefficient (Wildman–Crippen LogP) is 4.69. The van der Waals surface area contributed by atoms with Crippen LogP contribution in [0.4, 0.5) is 4.39 Å². The normalized spacial score (nSPS) is 14.8. The number of aryl methyl sites for hydroxylation is 1. The van der Waals surface area contributed by atoms with E-state index in [2.05, 4.69) is 10.00 Å². The molecule has 1 fully saturated rings. The van der Waals surface area contributed by atoms with Crippen molar-refractivity contribution in [3.05, 3.63) is 88.4 Å². The van der Waals surface area contributed by atoms with Gasteiger partial charge in [0.05, 0.1) is 45.4 Å². The van der Waals surface area contributed by atoms with Gasteiger partial charge < -0.3 is 29.0 Å². The van der Waals surface area contributed by atoms with Gasteiger partial charge in [-0.05, 0) is 55.3 Å². The lowest BCUT2D eigenvalue weighted by Crippen LogP contribution is -2.27. The Labute approximate surface area is 249 Å². The minimum atomic E-state index is -1.14. The fraction of sp³-hybridized carbons (Fsp3) is 0.344. The quantitative estimate of drug-likeness (QED) is 0.328. The van der Waals surface area contributed by atoms with Crippen LogP contribution in [0.25, 0.3) is 17.1 Å². The summed E-state index contributed by atoms with van der Waals surface area (Å²) in [6.07, 6.45) is 1.90. The number of aromatic carboxylic acids is 1. The Bertz CT molecular complexity index is 1570. The summed E-state index contributed by atoms with van der Waals surface area (Å²) in [5, 5.41) is 13.6. The molecule has 226 valence electrons. The van der Waals surface area contributed by atoms with Crippen molar-refractivity contribution in [2.45, 2.75) is 26.5 Å². The molecule has 0 unspecified atom stereocenters. The summed E-state index contributed by atoms with van der Waals surface area (Å²) in [5.41, 5.74) is 4.45. The number of benzene rings is 2. The second kappa shape index (κ2) is 13.8. The first-order chi connectivity index (χ1) is 20.9. The molecule has 10 nitrogen and oxygen atoms in total. The van der Waals surface area contributed by atoms with E-state index in [1.165, 1.54) is 18.0 Å². The van der Waals surface area contributed by atoms with Crippen LogP contribution in [0.5, 0.6) is 11.6 Å². The molecule has 0 atom stereocenters. The average molecular weight is 591 g/mol. The van der Waals surface area contributed by atoms with Crippen LogP contribution in [0.2, 0.25) is 0 Å². The highest BCUT2D eigenvalue weighted by molar-refractivity contribution is 5.90. The summed E-state index contributed by atoms with van der Waals surface area (Å²) in [6.45, 7) is 6.69. The summed E-state index contributed by atoms with van der Waals surface area (Å²) in [5.74, 6) is -0.273. The van der Waals surface area contributed by atoms with Crippen molar-refractivity contribution in [1.82, 2.24) is 19.7 Å². The molecule has 2 aromatic carbocycles. The molecule has 6 rings (SSSR count). The van der Waals surface area contributed by atoms with Gasteiger partial charge >= 0.3 is 5.97 Å². The maximum absolute atomic E-state index is 15.3. The maximum Gasteiger partial charge on any atom is 0.342 e. The Morgan fingerprint density at radius 3 is 2.51 bits per heavy atom. The predicted molar refractivity (Wildman–Crippen MR) is 157 cm³/mol. The van der Waals surface area contributed by atoms with Crippen LogP contribution >= 0.6 is 0 Å². The van der Waals surface area contributed by atoms with Crippen molar-refractivity contribution < 1.29 is 33.2 Å². The summed E-state index contributed by atoms with van der Waals surface area (Å²) >= 11 is 0. The van der Waals surface area contributed by atoms with Crippen LogP contribution in [-0.2, 0) is 29.0 Å². The molecule has 43 heavy (non-hydrogen) atoms. The minimum Gasteiger partial charge on any atom is -0.488 e. The number of methoxy groups -OCH3 is 1. The fourth-order valence-corrected chi connectivity index (χ4v) is 5.08. The topological polar surface area (TPSA) is 108 Å². The van der Waals surface area contributed by atoms with Crippen molar-refractivity contribution in [1.29, 1.82) is 0 Å². The van der Waals surface area contributed by atoms with Crippen LogP contribution in [0, 0.1) is 12.7 Å². The number of likely N-dealkylation sites (N-methyl/N-ethyl adjacent to an activating group) is 1. The first-order valence-corrected chi connectivity index (χ1v) is 14.1. The number of carboxylic acid groups (broad SMARTS) is 1. The van der Waals surface area contributed by atoms with Gasteiger partial charge in [-0.2, -0.15) is 9.78 Å². The summed E-state index contributed by atoms with van der Waals surface area (Å²) in [4.78, 5) is 18.4. The smallest absolute Gasteiger partial charge is 0.342 e. The Kier molecular flexibility index (Phi) is 9.65. The molecular formula is C32H35FN4O6. The van der Waals surface area contributed by atoms with E-state index < -0.39 is 5.97 Å². The van der Waals surface area contributed by atoms with Crippen molar-refractivity contribution in [2.75, 3.05) is 47.1 Å². The Morgan fingerprint density at radius 1 is 1.07 bits per heavy atom. The van der Waals surface area contributed by atoms with Crippen molar-refractivity contribution in [3.8, 4) is 28.7 Å². The average Bonchev–Trinajstić information content (AvgIpc) is 3.47. The Balaban J connectivity index is 0.000000548. The summed E-state index contributed by atoms with van der Waals surface area (Å²) in [6, 6.07) is 14.8. The van der Waals surface area contributed by atoms with Crippen LogP contribution in [-0.4, -0.2) is 77.9 Å². The SMILES string of the molecule is C1COCCO1.COc1c(C(=O)O)cnn1-c1cccc(-c2cccc(C)c2OCc2ccc3c(c2F)CCN(C)C3)n1. The Morgan fingerprint density at radius 2 is 1.81 bits per heavy atom. The molecule has 0 saturated carbocycles. The van der Waals surface area contributed by atoms with E-state index in [-0.39, 0.29) is 23.9 Å². The van der Waals surface area contributed by atoms with Gasteiger partial charge in [-0.1, -0.05) is 30.3 Å². The highest BCUT2D eigenvalue weighted by Gasteiger charge is 2.22. The van der Waals surface area contributed by atoms with E-state index in [0.29, 0.717) is 29.2 Å². The standard InChI is InChI=1S/C28H27FN4O4.C4H8O2/c1-17-6-4-7-21(23-8-5-9-24(31-23)33-27(36-3)22(14-30-33)28(34)35)26(17)37-16-19-11-10-18-15-32(2)13-12-20(18)25(19)29;1-2-6-4-3-5-1/h4-11,14H,12-13,15-16H2,1-3H3,(H,34,35);1-4H2. The van der Waals surface area contributed by atoms with Crippen LogP contribution < -0.4 is 9.47 Å². The number of pyridine rings is 1. The second-order valence-electron chi connectivity index (χ2n) is 10.3. The molecule has 4 aromatic rings. The van der Waals surface area contributed by atoms with Gasteiger partial charge in [-0.25, -0.2) is 14.2 Å². The molecule has 1 N–H and O–H groups in total. The molecule has 4 heterocycles. The number of para-hydroxylation sites is 1. The molecule has 0 aliphatic carbocycles. The molecular weight excluding hydrogens is 555 g/mol. The Hall–Kier alpha value is -4.32. The third-order valence-electron chi connectivity index (χ3n) is 7.31. The van der Waals surface area contributed by atoms with Gasteiger partial charge in [0.25, 0.3) is 0 Å². The largest absolute Gasteiger partial charge is 0.488 e. The zero-order chi connectivity index (χ0) is 30.3. The van der Waals surface area contributed by atoms with Gasteiger partial charge in [-0.3, -0.25) is 0 Å². The summed E-state index contributed by atoms with van der Waals surface area (Å²) in [7, 11) is 3.42. The monoisotopic (exact) mass is 590 g/mol. The van der Waals surface area contributed by atoms with E-state index in [1.807, 2.05) is 44.3 Å². The van der Waals surface area contributed by atoms with Gasteiger partial charge in [-0.15, -0.1) is 0 Å². The van der Waals surface area contributed by atoms with Gasteiger partial charge in [0.1, 0.15) is 23.7 Å². The minimum absolute atomic E-state index is 0.0620.